The normalized spacial score (nSPS) is 10.7. The minimum Gasteiger partial charge on any atom is -0.497 e. The van der Waals surface area contributed by atoms with Crippen LogP contribution in [0.4, 0.5) is 0 Å². The average Bonchev–Trinajstić information content (AvgIpc) is 2.81. The molecule has 0 aliphatic heterocycles. The summed E-state index contributed by atoms with van der Waals surface area (Å²) < 4.78 is 5.15. The number of hydrogen-bond donors (Lipinski definition) is 2. The zero-order valence-electron chi connectivity index (χ0n) is 9.73. The second kappa shape index (κ2) is 4.03. The molecule has 0 saturated heterocycles. The first-order chi connectivity index (χ1) is 8.76. The van der Waals surface area contributed by atoms with Crippen LogP contribution in [-0.4, -0.2) is 22.1 Å². The van der Waals surface area contributed by atoms with Gasteiger partial charge in [0.05, 0.1) is 18.1 Å². The van der Waals surface area contributed by atoms with Crippen molar-refractivity contribution in [1.82, 2.24) is 15.0 Å². The van der Waals surface area contributed by atoms with Crippen LogP contribution in [0, 0.1) is 0 Å². The molecule has 1 aromatic carbocycles. The number of fused-ring (bicyclic) bond motifs is 1. The maximum Gasteiger partial charge on any atom is 0.248 e. The van der Waals surface area contributed by atoms with Gasteiger partial charge >= 0.3 is 0 Å². The molecule has 5 heteroatoms. The van der Waals surface area contributed by atoms with Gasteiger partial charge in [0.1, 0.15) is 11.6 Å². The number of benzene rings is 1. The Bertz CT molecular complexity index is 758. The van der Waals surface area contributed by atoms with Gasteiger partial charge in [-0.05, 0) is 18.2 Å². The molecule has 0 radical (unpaired) electrons. The van der Waals surface area contributed by atoms with Crippen molar-refractivity contribution < 1.29 is 4.74 Å². The Balaban J connectivity index is 2.16. The molecule has 0 saturated carbocycles. The summed E-state index contributed by atoms with van der Waals surface area (Å²) in [5, 5.41) is 0. The molecule has 90 valence electrons. The summed E-state index contributed by atoms with van der Waals surface area (Å²) >= 11 is 0. The topological polar surface area (TPSA) is 70.8 Å². The number of imidazole rings is 1. The van der Waals surface area contributed by atoms with Crippen molar-refractivity contribution in [1.29, 1.82) is 0 Å². The van der Waals surface area contributed by atoms with Crippen LogP contribution in [0.15, 0.2) is 41.3 Å². The Morgan fingerprint density at radius 3 is 2.89 bits per heavy atom. The number of H-pyrrole nitrogens is 2. The highest BCUT2D eigenvalue weighted by Gasteiger charge is 2.06. The van der Waals surface area contributed by atoms with Crippen molar-refractivity contribution in [2.24, 2.45) is 0 Å². The van der Waals surface area contributed by atoms with Crippen molar-refractivity contribution in [3.05, 3.63) is 46.9 Å². The zero-order chi connectivity index (χ0) is 12.5. The Kier molecular flexibility index (Phi) is 2.37. The molecule has 5 nitrogen and oxygen atoms in total. The van der Waals surface area contributed by atoms with Crippen LogP contribution in [-0.2, 0) is 0 Å². The van der Waals surface area contributed by atoms with Crippen LogP contribution in [0.1, 0.15) is 0 Å². The van der Waals surface area contributed by atoms with E-state index < -0.39 is 0 Å². The summed E-state index contributed by atoms with van der Waals surface area (Å²) in [5.41, 5.74) is 2.33. The van der Waals surface area contributed by atoms with Crippen molar-refractivity contribution in [3.8, 4) is 17.1 Å². The predicted molar refractivity (Wildman–Crippen MR) is 68.7 cm³/mol. The van der Waals surface area contributed by atoms with E-state index in [2.05, 4.69) is 15.0 Å². The second-order valence-corrected chi connectivity index (χ2v) is 3.91. The maximum atomic E-state index is 11.3. The maximum absolute atomic E-state index is 11.3. The zero-order valence-corrected chi connectivity index (χ0v) is 9.73. The first-order valence-electron chi connectivity index (χ1n) is 5.49. The number of nitrogens with one attached hydrogen (secondary N) is 2. The SMILES string of the molecule is COc1ccc2nc(-c3cc[nH]c(=O)c3)[nH]c2c1. The van der Waals surface area contributed by atoms with E-state index in [0.29, 0.717) is 5.82 Å². The quantitative estimate of drug-likeness (QED) is 0.720. The summed E-state index contributed by atoms with van der Waals surface area (Å²) in [6.45, 7) is 0. The van der Waals surface area contributed by atoms with Crippen LogP contribution in [0.25, 0.3) is 22.4 Å². The van der Waals surface area contributed by atoms with E-state index in [1.807, 2.05) is 18.2 Å². The third kappa shape index (κ3) is 1.75. The largest absolute Gasteiger partial charge is 0.497 e. The first kappa shape index (κ1) is 10.6. The van der Waals surface area contributed by atoms with E-state index in [9.17, 15) is 4.79 Å². The van der Waals surface area contributed by atoms with Gasteiger partial charge in [0, 0.05) is 23.9 Å². The molecule has 0 aliphatic rings. The molecular formula is C13H11N3O2. The molecule has 0 aliphatic carbocycles. The first-order valence-corrected chi connectivity index (χ1v) is 5.49. The molecule has 0 atom stereocenters. The molecule has 0 amide bonds. The van der Waals surface area contributed by atoms with Gasteiger partial charge in [-0.3, -0.25) is 4.79 Å². The van der Waals surface area contributed by atoms with Gasteiger partial charge in [0.25, 0.3) is 0 Å². The van der Waals surface area contributed by atoms with Gasteiger partial charge < -0.3 is 14.7 Å². The summed E-state index contributed by atoms with van der Waals surface area (Å²) in [5.74, 6) is 1.44. The third-order valence-corrected chi connectivity index (χ3v) is 2.74. The molecular weight excluding hydrogens is 230 g/mol. The van der Waals surface area contributed by atoms with Crippen LogP contribution < -0.4 is 10.3 Å². The molecule has 0 unspecified atom stereocenters. The van der Waals surface area contributed by atoms with Gasteiger partial charge in [0.15, 0.2) is 0 Å². The number of nitrogens with zero attached hydrogens (tertiary/aromatic N) is 1. The number of aromatic nitrogens is 3. The summed E-state index contributed by atoms with van der Waals surface area (Å²) in [6.07, 6.45) is 1.60. The lowest BCUT2D eigenvalue weighted by molar-refractivity contribution is 0.415. The number of pyridine rings is 1. The minimum absolute atomic E-state index is 0.148. The van der Waals surface area contributed by atoms with E-state index in [4.69, 9.17) is 4.74 Å². The van der Waals surface area contributed by atoms with E-state index in [-0.39, 0.29) is 5.56 Å². The number of methoxy groups -OCH3 is 1. The van der Waals surface area contributed by atoms with Gasteiger partial charge in [-0.2, -0.15) is 0 Å². The van der Waals surface area contributed by atoms with Crippen LogP contribution in [0.3, 0.4) is 0 Å². The van der Waals surface area contributed by atoms with Crippen LogP contribution in [0.2, 0.25) is 0 Å². The average molecular weight is 241 g/mol. The summed E-state index contributed by atoms with van der Waals surface area (Å²) in [7, 11) is 1.62. The van der Waals surface area contributed by atoms with E-state index in [1.165, 1.54) is 6.07 Å². The molecule has 2 heterocycles. The lowest BCUT2D eigenvalue weighted by Crippen LogP contribution is -2.02. The fraction of sp³-hybridized carbons (Fsp3) is 0.0769. The second-order valence-electron chi connectivity index (χ2n) is 3.91. The van der Waals surface area contributed by atoms with Gasteiger partial charge in [-0.25, -0.2) is 4.98 Å². The molecule has 2 aromatic heterocycles. The van der Waals surface area contributed by atoms with Gasteiger partial charge in [-0.1, -0.05) is 0 Å². The molecule has 18 heavy (non-hydrogen) atoms. The fourth-order valence-corrected chi connectivity index (χ4v) is 1.84. The standard InChI is InChI=1S/C13H11N3O2/c1-18-9-2-3-10-11(7-9)16-13(15-10)8-4-5-14-12(17)6-8/h2-7H,1H3,(H,14,17)(H,15,16). The van der Waals surface area contributed by atoms with Gasteiger partial charge in [0.2, 0.25) is 5.56 Å². The minimum atomic E-state index is -0.148. The van der Waals surface area contributed by atoms with Crippen molar-refractivity contribution in [2.45, 2.75) is 0 Å². The number of rotatable bonds is 2. The number of aromatic amines is 2. The predicted octanol–water partition coefficient (Wildman–Crippen LogP) is 1.93. The van der Waals surface area contributed by atoms with E-state index in [1.54, 1.807) is 19.4 Å². The molecule has 3 aromatic rings. The molecule has 0 spiro atoms. The smallest absolute Gasteiger partial charge is 0.248 e. The molecule has 0 fully saturated rings. The lowest BCUT2D eigenvalue weighted by Gasteiger charge is -1.96. The number of hydrogen-bond acceptors (Lipinski definition) is 3. The Labute approximate surface area is 102 Å². The highest BCUT2D eigenvalue weighted by molar-refractivity contribution is 5.80. The highest BCUT2D eigenvalue weighted by Crippen LogP contribution is 2.22. The summed E-state index contributed by atoms with van der Waals surface area (Å²) in [4.78, 5) is 21.4. The van der Waals surface area contributed by atoms with E-state index >= 15 is 0 Å². The number of ether oxygens (including phenoxy) is 1. The Morgan fingerprint density at radius 2 is 2.11 bits per heavy atom. The molecule has 2 N–H and O–H groups in total. The van der Waals surface area contributed by atoms with Crippen LogP contribution in [0.5, 0.6) is 5.75 Å². The van der Waals surface area contributed by atoms with Crippen molar-refractivity contribution in [2.75, 3.05) is 7.11 Å². The monoisotopic (exact) mass is 241 g/mol. The Morgan fingerprint density at radius 1 is 1.22 bits per heavy atom. The van der Waals surface area contributed by atoms with Crippen LogP contribution >= 0.6 is 0 Å². The highest BCUT2D eigenvalue weighted by atomic mass is 16.5. The fourth-order valence-electron chi connectivity index (χ4n) is 1.84. The molecule has 0 bridgehead atoms. The lowest BCUT2D eigenvalue weighted by atomic mass is 10.2. The van der Waals surface area contributed by atoms with Crippen molar-refractivity contribution in [3.63, 3.8) is 0 Å². The third-order valence-electron chi connectivity index (χ3n) is 2.74. The molecule has 3 rings (SSSR count). The van der Waals surface area contributed by atoms with Gasteiger partial charge in [-0.15, -0.1) is 0 Å². The summed E-state index contributed by atoms with van der Waals surface area (Å²) in [6, 6.07) is 8.91. The Hall–Kier alpha value is -2.56. The van der Waals surface area contributed by atoms with E-state index in [0.717, 1.165) is 22.3 Å². The van der Waals surface area contributed by atoms with Crippen molar-refractivity contribution >= 4 is 11.0 Å².